The summed E-state index contributed by atoms with van der Waals surface area (Å²) in [6.07, 6.45) is 2.33. The molecule has 27 heavy (non-hydrogen) atoms. The maximum atomic E-state index is 11.2. The van der Waals surface area contributed by atoms with E-state index in [0.717, 1.165) is 0 Å². The topological polar surface area (TPSA) is 99.5 Å². The number of carboxylic acid groups (broad SMARTS) is 1. The molecule has 3 N–H and O–H groups in total. The fourth-order valence-electron chi connectivity index (χ4n) is 2.69. The third kappa shape index (κ3) is 6.07. The number of carbonyl (C=O) groups is 1. The van der Waals surface area contributed by atoms with Gasteiger partial charge < -0.3 is 24.8 Å². The van der Waals surface area contributed by atoms with E-state index in [4.69, 9.17) is 14.6 Å². The number of phenolic OH excluding ortho intramolecular Hbond substituents is 2. The molecule has 0 heterocycles. The minimum absolute atomic E-state index is 0.0839. The van der Waals surface area contributed by atoms with Crippen LogP contribution in [-0.4, -0.2) is 53.5 Å². The molecule has 0 aliphatic rings. The molecular weight excluding hydrogens is 350 g/mol. The van der Waals surface area contributed by atoms with E-state index in [1.165, 1.54) is 13.2 Å². The first-order chi connectivity index (χ1) is 12.9. The summed E-state index contributed by atoms with van der Waals surface area (Å²) in [6.45, 7) is 0.515. The van der Waals surface area contributed by atoms with Crippen molar-refractivity contribution in [1.82, 2.24) is 4.90 Å². The van der Waals surface area contributed by atoms with Crippen molar-refractivity contribution in [3.8, 4) is 23.0 Å². The van der Waals surface area contributed by atoms with Gasteiger partial charge in [0.15, 0.2) is 0 Å². The van der Waals surface area contributed by atoms with E-state index in [-0.39, 0.29) is 24.6 Å². The van der Waals surface area contributed by atoms with Gasteiger partial charge in [-0.05, 0) is 55.8 Å². The largest absolute Gasteiger partial charge is 0.508 e. The summed E-state index contributed by atoms with van der Waals surface area (Å²) in [4.78, 5) is 12.9. The molecule has 0 unspecified atom stereocenters. The molecule has 0 spiro atoms. The van der Waals surface area contributed by atoms with Crippen LogP contribution in [0.2, 0.25) is 0 Å². The summed E-state index contributed by atoms with van der Waals surface area (Å²) >= 11 is 0. The van der Waals surface area contributed by atoms with Gasteiger partial charge in [-0.3, -0.25) is 9.69 Å². The molecular formula is C20H24NO6. The number of methoxy groups -OCH3 is 2. The minimum atomic E-state index is -0.957. The zero-order chi connectivity index (χ0) is 19.8. The van der Waals surface area contributed by atoms with E-state index in [0.29, 0.717) is 35.6 Å². The normalized spacial score (nSPS) is 10.8. The van der Waals surface area contributed by atoms with Gasteiger partial charge in [-0.25, -0.2) is 0 Å². The molecule has 2 rings (SSSR count). The van der Waals surface area contributed by atoms with E-state index in [1.54, 1.807) is 42.3 Å². The summed E-state index contributed by atoms with van der Waals surface area (Å²) in [5.74, 6) is 0.474. The summed E-state index contributed by atoms with van der Waals surface area (Å²) in [5, 5.41) is 29.1. The lowest BCUT2D eigenvalue weighted by Crippen LogP contribution is -2.30. The molecule has 2 aromatic rings. The Morgan fingerprint density at radius 2 is 1.67 bits per heavy atom. The number of aromatic hydroxyl groups is 2. The number of benzene rings is 2. The van der Waals surface area contributed by atoms with Gasteiger partial charge in [0.1, 0.15) is 23.0 Å². The molecule has 0 fully saturated rings. The molecule has 0 aliphatic heterocycles. The Kier molecular flexibility index (Phi) is 7.31. The molecule has 145 valence electrons. The smallest absolute Gasteiger partial charge is 0.317 e. The average molecular weight is 374 g/mol. The van der Waals surface area contributed by atoms with Crippen molar-refractivity contribution in [3.63, 3.8) is 0 Å². The van der Waals surface area contributed by atoms with Crippen LogP contribution < -0.4 is 9.47 Å². The number of hydrogen-bond donors (Lipinski definition) is 3. The molecule has 0 saturated heterocycles. The maximum Gasteiger partial charge on any atom is 0.317 e. The molecule has 0 amide bonds. The second-order valence-corrected chi connectivity index (χ2v) is 6.02. The highest BCUT2D eigenvalue weighted by Gasteiger charge is 2.14. The lowest BCUT2D eigenvalue weighted by Gasteiger charge is -2.21. The van der Waals surface area contributed by atoms with Crippen molar-refractivity contribution in [3.05, 3.63) is 53.9 Å². The molecule has 7 nitrogen and oxygen atoms in total. The number of hydrogen-bond acceptors (Lipinski definition) is 6. The van der Waals surface area contributed by atoms with E-state index in [1.807, 2.05) is 6.42 Å². The number of carboxylic acids is 1. The second kappa shape index (κ2) is 9.68. The predicted octanol–water partition coefficient (Wildman–Crippen LogP) is 2.64. The van der Waals surface area contributed by atoms with E-state index in [9.17, 15) is 15.0 Å². The van der Waals surface area contributed by atoms with Crippen LogP contribution in [0.15, 0.2) is 36.4 Å². The summed E-state index contributed by atoms with van der Waals surface area (Å²) in [6, 6.07) is 9.77. The molecule has 0 bridgehead atoms. The minimum Gasteiger partial charge on any atom is -0.508 e. The predicted molar refractivity (Wildman–Crippen MR) is 100 cm³/mol. The lowest BCUT2D eigenvalue weighted by atomic mass is 10.1. The fraction of sp³-hybridized carbons (Fsp3) is 0.300. The third-order valence-electron chi connectivity index (χ3n) is 4.08. The van der Waals surface area contributed by atoms with E-state index >= 15 is 0 Å². The van der Waals surface area contributed by atoms with Crippen LogP contribution in [-0.2, 0) is 11.3 Å². The SMILES string of the molecule is COc1ccc(O)c([CH]CCN(CC(=O)O)Cc2cc(OC)ccc2O)c1. The van der Waals surface area contributed by atoms with Gasteiger partial charge in [0.2, 0.25) is 0 Å². The van der Waals surface area contributed by atoms with Gasteiger partial charge in [0.25, 0.3) is 0 Å². The van der Waals surface area contributed by atoms with Crippen molar-refractivity contribution in [2.45, 2.75) is 13.0 Å². The van der Waals surface area contributed by atoms with Crippen molar-refractivity contribution in [1.29, 1.82) is 0 Å². The average Bonchev–Trinajstić information content (AvgIpc) is 2.64. The fourth-order valence-corrected chi connectivity index (χ4v) is 2.69. The summed E-state index contributed by atoms with van der Waals surface area (Å²) in [5.41, 5.74) is 1.20. The Morgan fingerprint density at radius 1 is 1.04 bits per heavy atom. The molecule has 0 saturated carbocycles. The quantitative estimate of drug-likeness (QED) is 0.588. The summed E-state index contributed by atoms with van der Waals surface area (Å²) in [7, 11) is 3.08. The van der Waals surface area contributed by atoms with Crippen LogP contribution in [0.1, 0.15) is 17.5 Å². The van der Waals surface area contributed by atoms with Crippen LogP contribution in [0.5, 0.6) is 23.0 Å². The van der Waals surface area contributed by atoms with Gasteiger partial charge >= 0.3 is 5.97 Å². The first-order valence-electron chi connectivity index (χ1n) is 8.43. The van der Waals surface area contributed by atoms with Gasteiger partial charge in [0.05, 0.1) is 20.8 Å². The van der Waals surface area contributed by atoms with E-state index < -0.39 is 5.97 Å². The van der Waals surface area contributed by atoms with Crippen LogP contribution in [0.25, 0.3) is 0 Å². The van der Waals surface area contributed by atoms with Gasteiger partial charge in [-0.15, -0.1) is 0 Å². The Labute approximate surface area is 158 Å². The number of rotatable bonds is 10. The Morgan fingerprint density at radius 3 is 2.30 bits per heavy atom. The van der Waals surface area contributed by atoms with Crippen LogP contribution in [0, 0.1) is 6.42 Å². The molecule has 0 aromatic heterocycles. The first-order valence-corrected chi connectivity index (χ1v) is 8.43. The van der Waals surface area contributed by atoms with Crippen molar-refractivity contribution in [2.24, 2.45) is 0 Å². The van der Waals surface area contributed by atoms with Crippen LogP contribution in [0.3, 0.4) is 0 Å². The maximum absolute atomic E-state index is 11.2. The highest BCUT2D eigenvalue weighted by atomic mass is 16.5. The molecule has 0 atom stereocenters. The van der Waals surface area contributed by atoms with Crippen LogP contribution >= 0.6 is 0 Å². The zero-order valence-corrected chi connectivity index (χ0v) is 15.4. The van der Waals surface area contributed by atoms with Crippen molar-refractivity contribution >= 4 is 5.97 Å². The lowest BCUT2D eigenvalue weighted by molar-refractivity contribution is -0.138. The molecule has 7 heteroatoms. The second-order valence-electron chi connectivity index (χ2n) is 6.02. The highest BCUT2D eigenvalue weighted by Crippen LogP contribution is 2.26. The Balaban J connectivity index is 2.03. The number of nitrogens with zero attached hydrogens (tertiary/aromatic N) is 1. The monoisotopic (exact) mass is 374 g/mol. The van der Waals surface area contributed by atoms with Crippen molar-refractivity contribution in [2.75, 3.05) is 27.3 Å². The van der Waals surface area contributed by atoms with Crippen LogP contribution in [0.4, 0.5) is 0 Å². The number of phenols is 2. The van der Waals surface area contributed by atoms with Gasteiger partial charge in [0, 0.05) is 17.7 Å². The molecule has 0 aliphatic carbocycles. The highest BCUT2D eigenvalue weighted by molar-refractivity contribution is 5.69. The Bertz CT molecular complexity index is 777. The molecule has 1 radical (unpaired) electrons. The standard InChI is InChI=1S/C20H24NO6/c1-26-16-5-7-18(22)14(10-16)4-3-9-21(13-20(24)25)12-15-11-17(27-2)6-8-19(15)23/h4-8,10-11,22-23H,3,9,12-13H2,1-2H3,(H,24,25). The first kappa shape index (κ1) is 20.4. The Hall–Kier alpha value is -2.93. The third-order valence-corrected chi connectivity index (χ3v) is 4.08. The number of aliphatic carboxylic acids is 1. The van der Waals surface area contributed by atoms with Gasteiger partial charge in [-0.2, -0.15) is 0 Å². The zero-order valence-electron chi connectivity index (χ0n) is 15.4. The van der Waals surface area contributed by atoms with E-state index in [2.05, 4.69) is 0 Å². The number of ether oxygens (including phenoxy) is 2. The van der Waals surface area contributed by atoms with Gasteiger partial charge in [-0.1, -0.05) is 0 Å². The van der Waals surface area contributed by atoms with Crippen molar-refractivity contribution < 1.29 is 29.6 Å². The summed E-state index contributed by atoms with van der Waals surface area (Å²) < 4.78 is 10.3. The molecule has 2 aromatic carbocycles.